The normalized spacial score (nSPS) is 12.5. The van der Waals surface area contributed by atoms with Gasteiger partial charge in [0.1, 0.15) is 11.9 Å². The Bertz CT molecular complexity index is 617. The van der Waals surface area contributed by atoms with E-state index in [0.29, 0.717) is 5.56 Å². The summed E-state index contributed by atoms with van der Waals surface area (Å²) in [5.74, 6) is -0.318. The highest BCUT2D eigenvalue weighted by atomic mass is 19.1. The number of halogens is 1. The summed E-state index contributed by atoms with van der Waals surface area (Å²) in [6.07, 6.45) is -0.782. The third-order valence-electron chi connectivity index (χ3n) is 3.71. The molecule has 0 saturated heterocycles. The molecule has 0 saturated carbocycles. The van der Waals surface area contributed by atoms with Gasteiger partial charge in [-0.25, -0.2) is 4.39 Å². The molecule has 0 aliphatic carbocycles. The Kier molecular flexibility index (Phi) is 3.72. The summed E-state index contributed by atoms with van der Waals surface area (Å²) in [6, 6.07) is 8.57. The van der Waals surface area contributed by atoms with E-state index in [9.17, 15) is 9.50 Å². The number of benzene rings is 2. The summed E-state index contributed by atoms with van der Waals surface area (Å²) in [5.41, 5.74) is 5.73. The number of aryl methyl sites for hydroxylation is 4. The molecule has 0 aromatic heterocycles. The third kappa shape index (κ3) is 2.69. The Labute approximate surface area is 113 Å². The lowest BCUT2D eigenvalue weighted by atomic mass is 9.91. The van der Waals surface area contributed by atoms with Crippen molar-refractivity contribution in [2.45, 2.75) is 33.8 Å². The van der Waals surface area contributed by atoms with Gasteiger partial charge < -0.3 is 5.11 Å². The Balaban J connectivity index is 2.52. The van der Waals surface area contributed by atoms with Crippen molar-refractivity contribution in [2.24, 2.45) is 0 Å². The molecule has 2 aromatic rings. The standard InChI is InChI=1S/C17H19FO/c1-10-5-6-14(18)9-16(10)17(19)15-8-12(3)11(2)7-13(15)4/h5-9,17,19H,1-4H3. The van der Waals surface area contributed by atoms with Crippen LogP contribution >= 0.6 is 0 Å². The fourth-order valence-electron chi connectivity index (χ4n) is 2.35. The first-order valence-corrected chi connectivity index (χ1v) is 6.42. The van der Waals surface area contributed by atoms with E-state index < -0.39 is 6.10 Å². The number of aliphatic hydroxyl groups excluding tert-OH is 1. The van der Waals surface area contributed by atoms with Gasteiger partial charge in [0.2, 0.25) is 0 Å². The summed E-state index contributed by atoms with van der Waals surface area (Å²) >= 11 is 0. The van der Waals surface area contributed by atoms with E-state index in [4.69, 9.17) is 0 Å². The molecular weight excluding hydrogens is 239 g/mol. The van der Waals surface area contributed by atoms with Crippen LogP contribution in [0.5, 0.6) is 0 Å². The van der Waals surface area contributed by atoms with Gasteiger partial charge in [-0.05, 0) is 73.2 Å². The highest BCUT2D eigenvalue weighted by Gasteiger charge is 2.16. The molecule has 0 fully saturated rings. The second-order valence-corrected chi connectivity index (χ2v) is 5.20. The number of rotatable bonds is 2. The molecule has 1 N–H and O–H groups in total. The van der Waals surface area contributed by atoms with Crippen LogP contribution in [0.4, 0.5) is 4.39 Å². The molecular formula is C17H19FO. The summed E-state index contributed by atoms with van der Waals surface area (Å²) in [6.45, 7) is 7.92. The zero-order chi connectivity index (χ0) is 14.2. The quantitative estimate of drug-likeness (QED) is 0.858. The monoisotopic (exact) mass is 258 g/mol. The Morgan fingerprint density at radius 3 is 2.05 bits per heavy atom. The maximum absolute atomic E-state index is 13.4. The van der Waals surface area contributed by atoms with Gasteiger partial charge >= 0.3 is 0 Å². The molecule has 0 radical (unpaired) electrons. The van der Waals surface area contributed by atoms with E-state index in [0.717, 1.165) is 22.3 Å². The lowest BCUT2D eigenvalue weighted by molar-refractivity contribution is 0.218. The van der Waals surface area contributed by atoms with Gasteiger partial charge in [0.25, 0.3) is 0 Å². The predicted molar refractivity (Wildman–Crippen MR) is 75.9 cm³/mol. The van der Waals surface area contributed by atoms with Crippen molar-refractivity contribution in [1.29, 1.82) is 0 Å². The molecule has 100 valence electrons. The number of aliphatic hydroxyl groups is 1. The molecule has 0 heterocycles. The van der Waals surface area contributed by atoms with Crippen molar-refractivity contribution in [3.63, 3.8) is 0 Å². The molecule has 1 unspecified atom stereocenters. The largest absolute Gasteiger partial charge is 0.384 e. The average molecular weight is 258 g/mol. The molecule has 0 aliphatic rings. The molecule has 2 rings (SSSR count). The zero-order valence-corrected chi connectivity index (χ0v) is 11.8. The topological polar surface area (TPSA) is 20.2 Å². The zero-order valence-electron chi connectivity index (χ0n) is 11.8. The van der Waals surface area contributed by atoms with Gasteiger partial charge in [0, 0.05) is 0 Å². The van der Waals surface area contributed by atoms with E-state index in [1.54, 1.807) is 6.07 Å². The van der Waals surface area contributed by atoms with Gasteiger partial charge in [-0.3, -0.25) is 0 Å². The minimum absolute atomic E-state index is 0.318. The fourth-order valence-corrected chi connectivity index (χ4v) is 2.35. The van der Waals surface area contributed by atoms with E-state index >= 15 is 0 Å². The summed E-state index contributed by atoms with van der Waals surface area (Å²) < 4.78 is 13.4. The summed E-state index contributed by atoms with van der Waals surface area (Å²) in [4.78, 5) is 0. The Morgan fingerprint density at radius 1 is 0.789 bits per heavy atom. The second kappa shape index (κ2) is 5.14. The van der Waals surface area contributed by atoms with Crippen LogP contribution in [-0.4, -0.2) is 5.11 Å². The van der Waals surface area contributed by atoms with E-state index in [-0.39, 0.29) is 5.82 Å². The molecule has 0 spiro atoms. The van der Waals surface area contributed by atoms with Crippen LogP contribution in [0.1, 0.15) is 39.5 Å². The first-order chi connectivity index (χ1) is 8.90. The van der Waals surface area contributed by atoms with Gasteiger partial charge in [-0.2, -0.15) is 0 Å². The van der Waals surface area contributed by atoms with E-state index in [1.165, 1.54) is 17.7 Å². The maximum Gasteiger partial charge on any atom is 0.123 e. The molecule has 0 amide bonds. The minimum Gasteiger partial charge on any atom is -0.384 e. The van der Waals surface area contributed by atoms with Crippen molar-refractivity contribution in [1.82, 2.24) is 0 Å². The lowest BCUT2D eigenvalue weighted by Crippen LogP contribution is -2.05. The molecule has 0 bridgehead atoms. The predicted octanol–water partition coefficient (Wildman–Crippen LogP) is 4.14. The maximum atomic E-state index is 13.4. The van der Waals surface area contributed by atoms with Crippen molar-refractivity contribution >= 4 is 0 Å². The van der Waals surface area contributed by atoms with E-state index in [1.807, 2.05) is 33.8 Å². The van der Waals surface area contributed by atoms with Crippen LogP contribution in [0.2, 0.25) is 0 Å². The number of hydrogen-bond acceptors (Lipinski definition) is 1. The molecule has 2 heteroatoms. The van der Waals surface area contributed by atoms with Crippen LogP contribution < -0.4 is 0 Å². The molecule has 19 heavy (non-hydrogen) atoms. The third-order valence-corrected chi connectivity index (χ3v) is 3.71. The van der Waals surface area contributed by atoms with Gasteiger partial charge in [0.15, 0.2) is 0 Å². The van der Waals surface area contributed by atoms with Gasteiger partial charge in [-0.15, -0.1) is 0 Å². The Morgan fingerprint density at radius 2 is 1.37 bits per heavy atom. The number of hydrogen-bond donors (Lipinski definition) is 1. The van der Waals surface area contributed by atoms with Gasteiger partial charge in [0.05, 0.1) is 0 Å². The fraction of sp³-hybridized carbons (Fsp3) is 0.294. The highest BCUT2D eigenvalue weighted by Crippen LogP contribution is 2.29. The minimum atomic E-state index is -0.782. The van der Waals surface area contributed by atoms with Crippen LogP contribution in [-0.2, 0) is 0 Å². The summed E-state index contributed by atoms with van der Waals surface area (Å²) in [7, 11) is 0. The molecule has 2 aromatic carbocycles. The molecule has 1 atom stereocenters. The van der Waals surface area contributed by atoms with E-state index in [2.05, 4.69) is 6.07 Å². The molecule has 0 aliphatic heterocycles. The highest BCUT2D eigenvalue weighted by molar-refractivity contribution is 5.43. The lowest BCUT2D eigenvalue weighted by Gasteiger charge is -2.18. The van der Waals surface area contributed by atoms with Crippen LogP contribution in [0.15, 0.2) is 30.3 Å². The summed E-state index contributed by atoms with van der Waals surface area (Å²) in [5, 5.41) is 10.5. The van der Waals surface area contributed by atoms with Crippen molar-refractivity contribution in [2.75, 3.05) is 0 Å². The van der Waals surface area contributed by atoms with Crippen molar-refractivity contribution in [3.8, 4) is 0 Å². The van der Waals surface area contributed by atoms with Crippen LogP contribution in [0, 0.1) is 33.5 Å². The SMILES string of the molecule is Cc1cc(C)c(C(O)c2cc(F)ccc2C)cc1C. The first kappa shape index (κ1) is 13.8. The van der Waals surface area contributed by atoms with Crippen LogP contribution in [0.3, 0.4) is 0 Å². The van der Waals surface area contributed by atoms with Crippen molar-refractivity contribution < 1.29 is 9.50 Å². The molecule has 1 nitrogen and oxygen atoms in total. The smallest absolute Gasteiger partial charge is 0.123 e. The Hall–Kier alpha value is -1.67. The second-order valence-electron chi connectivity index (χ2n) is 5.20. The van der Waals surface area contributed by atoms with Gasteiger partial charge in [-0.1, -0.05) is 18.2 Å². The average Bonchev–Trinajstić information content (AvgIpc) is 2.36. The first-order valence-electron chi connectivity index (χ1n) is 6.42. The van der Waals surface area contributed by atoms with Crippen molar-refractivity contribution in [3.05, 3.63) is 69.5 Å². The van der Waals surface area contributed by atoms with Crippen LogP contribution in [0.25, 0.3) is 0 Å².